The Morgan fingerprint density at radius 1 is 0.241 bits per heavy atom. The van der Waals surface area contributed by atoms with Crippen LogP contribution in [0.15, 0.2) is 60.8 Å². The Balaban J connectivity index is 4.22. The van der Waals surface area contributed by atoms with Gasteiger partial charge in [-0.25, -0.2) is 0 Å². The van der Waals surface area contributed by atoms with Gasteiger partial charge in [-0.3, -0.25) is 14.4 Å². The molecule has 0 aliphatic carbocycles. The van der Waals surface area contributed by atoms with E-state index in [1.165, 1.54) is 263 Å². The standard InChI is InChI=1S/C77H140O6/c1-4-7-10-13-16-19-22-25-28-30-32-33-34-35-36-37-38-39-40-41-42-43-45-46-49-52-55-58-61-64-67-70-76(79)82-73-74(72-81-75(78)69-66-63-60-57-54-51-48-27-24-21-18-15-12-9-6-3)83-77(80)71-68-65-62-59-56-53-50-47-44-31-29-26-23-20-17-14-11-8-5-2/h18,21-22,25,27,30,32,34-35,48,74H,4-17,19-20,23-24,26,28-29,31,33,36-47,49-73H2,1-3H3/b21-18-,25-22-,32-30-,35-34-,48-27-. The van der Waals surface area contributed by atoms with Crippen LogP contribution in [0.1, 0.15) is 393 Å². The van der Waals surface area contributed by atoms with Crippen molar-refractivity contribution in [3.8, 4) is 0 Å². The first kappa shape index (κ1) is 80.1. The van der Waals surface area contributed by atoms with Crippen molar-refractivity contribution in [3.63, 3.8) is 0 Å². The third-order valence-electron chi connectivity index (χ3n) is 16.5. The van der Waals surface area contributed by atoms with Gasteiger partial charge in [-0.15, -0.1) is 0 Å². The Labute approximate surface area is 517 Å². The van der Waals surface area contributed by atoms with Crippen LogP contribution in [-0.4, -0.2) is 37.2 Å². The minimum absolute atomic E-state index is 0.0738. The van der Waals surface area contributed by atoms with Crippen LogP contribution in [0.5, 0.6) is 0 Å². The summed E-state index contributed by atoms with van der Waals surface area (Å²) in [4.78, 5) is 38.5. The minimum Gasteiger partial charge on any atom is -0.462 e. The molecule has 1 atom stereocenters. The van der Waals surface area contributed by atoms with Gasteiger partial charge in [0.25, 0.3) is 0 Å². The number of hydrogen-bond acceptors (Lipinski definition) is 6. The lowest BCUT2D eigenvalue weighted by molar-refractivity contribution is -0.167. The van der Waals surface area contributed by atoms with Crippen LogP contribution < -0.4 is 0 Å². The lowest BCUT2D eigenvalue weighted by Gasteiger charge is -2.18. The maximum absolute atomic E-state index is 13.0. The van der Waals surface area contributed by atoms with Crippen LogP contribution in [0.25, 0.3) is 0 Å². The number of carbonyl (C=O) groups excluding carboxylic acids is 3. The summed E-state index contributed by atoms with van der Waals surface area (Å²) in [5.41, 5.74) is 0. The maximum atomic E-state index is 13.0. The molecule has 0 N–H and O–H groups in total. The van der Waals surface area contributed by atoms with E-state index in [1.807, 2.05) is 0 Å². The molecule has 0 heterocycles. The van der Waals surface area contributed by atoms with Gasteiger partial charge >= 0.3 is 17.9 Å². The van der Waals surface area contributed by atoms with Gasteiger partial charge in [0, 0.05) is 19.3 Å². The Kier molecular flexibility index (Phi) is 69.1. The average molecular weight is 1160 g/mol. The van der Waals surface area contributed by atoms with Crippen molar-refractivity contribution in [1.29, 1.82) is 0 Å². The van der Waals surface area contributed by atoms with Crippen molar-refractivity contribution >= 4 is 17.9 Å². The second kappa shape index (κ2) is 71.6. The van der Waals surface area contributed by atoms with Crippen LogP contribution in [0, 0.1) is 0 Å². The number of unbranched alkanes of at least 4 members (excludes halogenated alkanes) is 47. The smallest absolute Gasteiger partial charge is 0.306 e. The Bertz CT molecular complexity index is 1470. The van der Waals surface area contributed by atoms with Crippen LogP contribution in [0.4, 0.5) is 0 Å². The Morgan fingerprint density at radius 3 is 0.699 bits per heavy atom. The second-order valence-electron chi connectivity index (χ2n) is 24.9. The summed E-state index contributed by atoms with van der Waals surface area (Å²) in [6.07, 6.45) is 92.6. The van der Waals surface area contributed by atoms with E-state index in [-0.39, 0.29) is 31.1 Å². The second-order valence-corrected chi connectivity index (χ2v) is 24.9. The quantitative estimate of drug-likeness (QED) is 0.0261. The molecule has 484 valence electrons. The highest BCUT2D eigenvalue weighted by molar-refractivity contribution is 5.71. The van der Waals surface area contributed by atoms with Gasteiger partial charge in [0.05, 0.1) is 0 Å². The van der Waals surface area contributed by atoms with Gasteiger partial charge < -0.3 is 14.2 Å². The predicted octanol–water partition coefficient (Wildman–Crippen LogP) is 25.5. The van der Waals surface area contributed by atoms with Gasteiger partial charge in [-0.05, 0) is 89.9 Å². The highest BCUT2D eigenvalue weighted by Crippen LogP contribution is 2.18. The van der Waals surface area contributed by atoms with Crippen molar-refractivity contribution in [2.45, 2.75) is 399 Å². The fraction of sp³-hybridized carbons (Fsp3) is 0.831. The predicted molar refractivity (Wildman–Crippen MR) is 362 cm³/mol. The van der Waals surface area contributed by atoms with Crippen molar-refractivity contribution in [1.82, 2.24) is 0 Å². The summed E-state index contributed by atoms with van der Waals surface area (Å²) in [7, 11) is 0. The van der Waals surface area contributed by atoms with Crippen molar-refractivity contribution < 1.29 is 28.6 Å². The molecule has 6 heteroatoms. The van der Waals surface area contributed by atoms with E-state index in [9.17, 15) is 14.4 Å². The molecule has 0 aromatic rings. The molecule has 0 radical (unpaired) electrons. The van der Waals surface area contributed by atoms with Crippen molar-refractivity contribution in [3.05, 3.63) is 60.8 Å². The molecule has 1 unspecified atom stereocenters. The fourth-order valence-electron chi connectivity index (χ4n) is 11.0. The summed E-state index contributed by atoms with van der Waals surface area (Å²) in [5.74, 6) is -0.861. The number of carbonyl (C=O) groups is 3. The maximum Gasteiger partial charge on any atom is 0.306 e. The molecular weight excluding hydrogens is 1020 g/mol. The molecule has 0 aliphatic heterocycles. The summed E-state index contributed by atoms with van der Waals surface area (Å²) >= 11 is 0. The summed E-state index contributed by atoms with van der Waals surface area (Å²) in [6, 6.07) is 0. The third kappa shape index (κ3) is 69.8. The normalized spacial score (nSPS) is 12.4. The van der Waals surface area contributed by atoms with Crippen LogP contribution >= 0.6 is 0 Å². The monoisotopic (exact) mass is 1160 g/mol. The molecular formula is C77H140O6. The number of esters is 3. The molecule has 0 aromatic heterocycles. The fourth-order valence-corrected chi connectivity index (χ4v) is 11.0. The zero-order chi connectivity index (χ0) is 59.9. The van der Waals surface area contributed by atoms with Gasteiger partial charge in [-0.2, -0.15) is 0 Å². The van der Waals surface area contributed by atoms with E-state index in [0.29, 0.717) is 19.3 Å². The number of allylic oxidation sites excluding steroid dienone is 10. The van der Waals surface area contributed by atoms with Crippen LogP contribution in [-0.2, 0) is 28.6 Å². The van der Waals surface area contributed by atoms with E-state index >= 15 is 0 Å². The van der Waals surface area contributed by atoms with E-state index in [2.05, 4.69) is 81.5 Å². The van der Waals surface area contributed by atoms with Gasteiger partial charge in [0.1, 0.15) is 13.2 Å². The topological polar surface area (TPSA) is 78.9 Å². The zero-order valence-corrected chi connectivity index (χ0v) is 55.7. The van der Waals surface area contributed by atoms with Crippen LogP contribution in [0.3, 0.4) is 0 Å². The lowest BCUT2D eigenvalue weighted by atomic mass is 10.0. The average Bonchev–Trinajstić information content (AvgIpc) is 3.50. The molecule has 0 saturated heterocycles. The first-order valence-electron chi connectivity index (χ1n) is 36.8. The molecule has 0 aliphatic rings. The zero-order valence-electron chi connectivity index (χ0n) is 55.7. The minimum atomic E-state index is -0.779. The first-order valence-corrected chi connectivity index (χ1v) is 36.8. The molecule has 0 fully saturated rings. The van der Waals surface area contributed by atoms with Gasteiger partial charge in [0.2, 0.25) is 0 Å². The largest absolute Gasteiger partial charge is 0.462 e. The summed E-state index contributed by atoms with van der Waals surface area (Å²) < 4.78 is 17.0. The Morgan fingerprint density at radius 2 is 0.434 bits per heavy atom. The lowest BCUT2D eigenvalue weighted by Crippen LogP contribution is -2.30. The molecule has 0 rings (SSSR count). The van der Waals surface area contributed by atoms with Gasteiger partial charge in [0.15, 0.2) is 6.10 Å². The van der Waals surface area contributed by atoms with E-state index in [0.717, 1.165) is 89.9 Å². The summed E-state index contributed by atoms with van der Waals surface area (Å²) in [6.45, 7) is 6.66. The SMILES string of the molecule is CCCCC/C=C\C/C=C\CCCCCCCC(=O)OCC(COC(=O)CCCCCCCCCCCCCCCCCC/C=C\C/C=C\C/C=C\CCCCCCC)OC(=O)CCCCCCCCCCCCCCCCCCCCC. The molecule has 0 amide bonds. The molecule has 0 aromatic carbocycles. The van der Waals surface area contributed by atoms with E-state index in [4.69, 9.17) is 14.2 Å². The molecule has 0 bridgehead atoms. The van der Waals surface area contributed by atoms with Crippen LogP contribution in [0.2, 0.25) is 0 Å². The number of hydrogen-bond donors (Lipinski definition) is 0. The number of rotatable bonds is 68. The first-order chi connectivity index (χ1) is 41.0. The molecule has 0 saturated carbocycles. The third-order valence-corrected chi connectivity index (χ3v) is 16.5. The van der Waals surface area contributed by atoms with Gasteiger partial charge in [-0.1, -0.05) is 345 Å². The molecule has 6 nitrogen and oxygen atoms in total. The molecule has 0 spiro atoms. The molecule has 83 heavy (non-hydrogen) atoms. The van der Waals surface area contributed by atoms with E-state index in [1.54, 1.807) is 0 Å². The highest BCUT2D eigenvalue weighted by Gasteiger charge is 2.19. The highest BCUT2D eigenvalue weighted by atomic mass is 16.6. The Hall–Kier alpha value is -2.89. The van der Waals surface area contributed by atoms with E-state index < -0.39 is 6.10 Å². The number of ether oxygens (including phenoxy) is 3. The van der Waals surface area contributed by atoms with Crippen molar-refractivity contribution in [2.75, 3.05) is 13.2 Å². The van der Waals surface area contributed by atoms with Crippen molar-refractivity contribution in [2.24, 2.45) is 0 Å². The summed E-state index contributed by atoms with van der Waals surface area (Å²) in [5, 5.41) is 0.